The summed E-state index contributed by atoms with van der Waals surface area (Å²) >= 11 is 3.66. The summed E-state index contributed by atoms with van der Waals surface area (Å²) in [7, 11) is 2.15. The second-order valence-corrected chi connectivity index (χ2v) is 6.32. The van der Waals surface area contributed by atoms with Gasteiger partial charge in [0.05, 0.1) is 5.69 Å². The van der Waals surface area contributed by atoms with Crippen molar-refractivity contribution >= 4 is 21.6 Å². The molecule has 1 fully saturated rings. The molecule has 0 aromatic heterocycles. The van der Waals surface area contributed by atoms with E-state index in [0.717, 1.165) is 17.6 Å². The van der Waals surface area contributed by atoms with Gasteiger partial charge < -0.3 is 15.5 Å². The summed E-state index contributed by atoms with van der Waals surface area (Å²) in [6.45, 7) is 6.75. The summed E-state index contributed by atoms with van der Waals surface area (Å²) in [4.78, 5) is 4.86. The van der Waals surface area contributed by atoms with Crippen LogP contribution in [0, 0.1) is 0 Å². The molecule has 0 saturated carbocycles. The lowest BCUT2D eigenvalue weighted by Crippen LogP contribution is -2.31. The number of likely N-dealkylation sites (N-methyl/N-ethyl adjacent to an activating group) is 1. The van der Waals surface area contributed by atoms with Crippen molar-refractivity contribution in [2.75, 3.05) is 38.1 Å². The monoisotopic (exact) mass is 325 g/mol. The Labute approximate surface area is 124 Å². The molecule has 0 aliphatic carbocycles. The highest BCUT2D eigenvalue weighted by Crippen LogP contribution is 2.28. The molecule has 0 amide bonds. The molecule has 1 heterocycles. The highest BCUT2D eigenvalue weighted by Gasteiger charge is 2.13. The molecule has 0 spiro atoms. The van der Waals surface area contributed by atoms with Gasteiger partial charge in [-0.2, -0.15) is 0 Å². The third-order valence-electron chi connectivity index (χ3n) is 3.86. The maximum atomic E-state index is 5.91. The Morgan fingerprint density at radius 3 is 2.63 bits per heavy atom. The van der Waals surface area contributed by atoms with Crippen LogP contribution in [-0.2, 0) is 0 Å². The first kappa shape index (κ1) is 14.8. The minimum atomic E-state index is 0.0836. The van der Waals surface area contributed by atoms with Crippen LogP contribution in [0.3, 0.4) is 0 Å². The molecule has 1 aromatic rings. The van der Waals surface area contributed by atoms with Gasteiger partial charge in [0.1, 0.15) is 0 Å². The lowest BCUT2D eigenvalue weighted by Gasteiger charge is -2.24. The second-order valence-electron chi connectivity index (χ2n) is 5.47. The van der Waals surface area contributed by atoms with E-state index in [1.807, 2.05) is 6.92 Å². The van der Waals surface area contributed by atoms with Gasteiger partial charge in [0.25, 0.3) is 0 Å². The summed E-state index contributed by atoms with van der Waals surface area (Å²) in [5.41, 5.74) is 8.32. The standard InChI is InChI=1S/C15H24BrN3/c1-12(17)13-5-6-15(14(16)11-13)18(2)9-10-19-7-3-4-8-19/h5-6,11-12H,3-4,7-10,17H2,1-2H3/t12-/m0/s1. The molecule has 1 aliphatic heterocycles. The van der Waals surface area contributed by atoms with Gasteiger partial charge in [0.2, 0.25) is 0 Å². The van der Waals surface area contributed by atoms with E-state index in [-0.39, 0.29) is 6.04 Å². The average molecular weight is 326 g/mol. The zero-order valence-corrected chi connectivity index (χ0v) is 13.5. The Kier molecular flexibility index (Phi) is 5.25. The lowest BCUT2D eigenvalue weighted by molar-refractivity contribution is 0.346. The highest BCUT2D eigenvalue weighted by atomic mass is 79.9. The molecular formula is C15H24BrN3. The Morgan fingerprint density at radius 1 is 1.37 bits per heavy atom. The Morgan fingerprint density at radius 2 is 2.05 bits per heavy atom. The molecule has 1 aromatic carbocycles. The summed E-state index contributed by atoms with van der Waals surface area (Å²) in [5, 5.41) is 0. The summed E-state index contributed by atoms with van der Waals surface area (Å²) in [6, 6.07) is 6.50. The first-order valence-corrected chi connectivity index (χ1v) is 7.86. The second kappa shape index (κ2) is 6.73. The number of benzene rings is 1. The van der Waals surface area contributed by atoms with E-state index < -0.39 is 0 Å². The summed E-state index contributed by atoms with van der Waals surface area (Å²) in [6.07, 6.45) is 2.72. The normalized spacial score (nSPS) is 17.7. The Hall–Kier alpha value is -0.580. The molecule has 4 heteroatoms. The van der Waals surface area contributed by atoms with Crippen LogP contribution < -0.4 is 10.6 Å². The smallest absolute Gasteiger partial charge is 0.0508 e. The van der Waals surface area contributed by atoms with Crippen LogP contribution in [0.4, 0.5) is 5.69 Å². The molecule has 1 aliphatic rings. The number of hydrogen-bond acceptors (Lipinski definition) is 3. The van der Waals surface area contributed by atoms with Gasteiger partial charge in [-0.25, -0.2) is 0 Å². The van der Waals surface area contributed by atoms with Gasteiger partial charge in [-0.15, -0.1) is 0 Å². The fourth-order valence-corrected chi connectivity index (χ4v) is 3.23. The Bertz CT molecular complexity index is 414. The van der Waals surface area contributed by atoms with E-state index in [0.29, 0.717) is 0 Å². The molecule has 0 unspecified atom stereocenters. The lowest BCUT2D eigenvalue weighted by atomic mass is 10.1. The molecule has 2 rings (SSSR count). The van der Waals surface area contributed by atoms with Crippen molar-refractivity contribution in [3.63, 3.8) is 0 Å². The van der Waals surface area contributed by atoms with E-state index in [1.54, 1.807) is 0 Å². The van der Waals surface area contributed by atoms with Crippen LogP contribution in [0.15, 0.2) is 22.7 Å². The minimum Gasteiger partial charge on any atom is -0.372 e. The number of nitrogens with zero attached hydrogens (tertiary/aromatic N) is 2. The van der Waals surface area contributed by atoms with E-state index in [4.69, 9.17) is 5.73 Å². The van der Waals surface area contributed by atoms with Crippen molar-refractivity contribution in [2.45, 2.75) is 25.8 Å². The van der Waals surface area contributed by atoms with Crippen LogP contribution in [0.25, 0.3) is 0 Å². The van der Waals surface area contributed by atoms with Crippen LogP contribution in [-0.4, -0.2) is 38.1 Å². The quantitative estimate of drug-likeness (QED) is 0.903. The average Bonchev–Trinajstić information content (AvgIpc) is 2.88. The molecule has 2 N–H and O–H groups in total. The van der Waals surface area contributed by atoms with Gasteiger partial charge in [0.15, 0.2) is 0 Å². The minimum absolute atomic E-state index is 0.0836. The van der Waals surface area contributed by atoms with E-state index in [9.17, 15) is 0 Å². The third-order valence-corrected chi connectivity index (χ3v) is 4.49. The number of hydrogen-bond donors (Lipinski definition) is 1. The zero-order valence-electron chi connectivity index (χ0n) is 11.9. The van der Waals surface area contributed by atoms with E-state index >= 15 is 0 Å². The van der Waals surface area contributed by atoms with Crippen LogP contribution >= 0.6 is 15.9 Å². The molecule has 3 nitrogen and oxygen atoms in total. The number of likely N-dealkylation sites (tertiary alicyclic amines) is 1. The van der Waals surface area contributed by atoms with Crippen molar-refractivity contribution in [1.29, 1.82) is 0 Å². The van der Waals surface area contributed by atoms with Crippen molar-refractivity contribution in [1.82, 2.24) is 4.90 Å². The highest BCUT2D eigenvalue weighted by molar-refractivity contribution is 9.10. The van der Waals surface area contributed by atoms with Crippen molar-refractivity contribution in [2.24, 2.45) is 5.73 Å². The van der Waals surface area contributed by atoms with Crippen LogP contribution in [0.5, 0.6) is 0 Å². The topological polar surface area (TPSA) is 32.5 Å². The predicted molar refractivity (Wildman–Crippen MR) is 85.7 cm³/mol. The molecule has 1 saturated heterocycles. The first-order chi connectivity index (χ1) is 9.08. The molecule has 0 radical (unpaired) electrons. The molecule has 1 atom stereocenters. The molecular weight excluding hydrogens is 302 g/mol. The number of nitrogens with two attached hydrogens (primary N) is 1. The van der Waals surface area contributed by atoms with Crippen LogP contribution in [0.2, 0.25) is 0 Å². The number of anilines is 1. The van der Waals surface area contributed by atoms with Crippen molar-refractivity contribution in [3.05, 3.63) is 28.2 Å². The van der Waals surface area contributed by atoms with Gasteiger partial charge in [-0.1, -0.05) is 6.07 Å². The first-order valence-electron chi connectivity index (χ1n) is 7.06. The van der Waals surface area contributed by atoms with E-state index in [1.165, 1.54) is 37.2 Å². The maximum Gasteiger partial charge on any atom is 0.0508 e. The van der Waals surface area contributed by atoms with Gasteiger partial charge in [0, 0.05) is 30.7 Å². The molecule has 19 heavy (non-hydrogen) atoms. The fourth-order valence-electron chi connectivity index (χ4n) is 2.53. The van der Waals surface area contributed by atoms with E-state index in [2.05, 4.69) is 51.0 Å². The van der Waals surface area contributed by atoms with Crippen molar-refractivity contribution < 1.29 is 0 Å². The largest absolute Gasteiger partial charge is 0.372 e. The number of halogens is 1. The SMILES string of the molecule is C[C@H](N)c1ccc(N(C)CCN2CCCC2)c(Br)c1. The van der Waals surface area contributed by atoms with Crippen molar-refractivity contribution in [3.8, 4) is 0 Å². The molecule has 0 bridgehead atoms. The third kappa shape index (κ3) is 3.94. The maximum absolute atomic E-state index is 5.91. The molecule has 106 valence electrons. The van der Waals surface area contributed by atoms with Gasteiger partial charge in [-0.3, -0.25) is 0 Å². The summed E-state index contributed by atoms with van der Waals surface area (Å²) < 4.78 is 1.13. The zero-order chi connectivity index (χ0) is 13.8. The fraction of sp³-hybridized carbons (Fsp3) is 0.600. The number of rotatable bonds is 5. The van der Waals surface area contributed by atoms with Gasteiger partial charge in [-0.05, 0) is 66.5 Å². The summed E-state index contributed by atoms with van der Waals surface area (Å²) in [5.74, 6) is 0. The Balaban J connectivity index is 1.96. The van der Waals surface area contributed by atoms with Crippen LogP contribution in [0.1, 0.15) is 31.4 Å². The predicted octanol–water partition coefficient (Wildman–Crippen LogP) is 3.00. The van der Waals surface area contributed by atoms with Gasteiger partial charge >= 0.3 is 0 Å².